The highest BCUT2D eigenvalue weighted by molar-refractivity contribution is 6.92. The van der Waals surface area contributed by atoms with Crippen LogP contribution in [0.3, 0.4) is 0 Å². The Balaban J connectivity index is -0.0000000450. The van der Waals surface area contributed by atoms with Crippen LogP contribution in [0, 0.1) is 0 Å². The molecule has 0 aliphatic rings. The van der Waals surface area contributed by atoms with Gasteiger partial charge in [-0.05, 0) is 0 Å². The minimum absolute atomic E-state index is 0. The third-order valence-corrected chi connectivity index (χ3v) is 0. The molecule has 0 aromatic carbocycles. The first-order valence-electron chi connectivity index (χ1n) is 0.928. The summed E-state index contributed by atoms with van der Waals surface area (Å²) in [5.41, 5.74) is 0. The van der Waals surface area contributed by atoms with Crippen molar-refractivity contribution in [1.29, 1.82) is 0 Å². The van der Waals surface area contributed by atoms with Gasteiger partial charge in [-0.3, -0.25) is 4.79 Å². The lowest BCUT2D eigenvalue weighted by molar-refractivity contribution is -0.134. The Hall–Kier alpha value is 0.190. The number of halogens is 1. The Labute approximate surface area is 46.0 Å². The fourth-order valence-electron chi connectivity index (χ4n) is 0. The molecular formula is C2H8ClO2P. The molecular weight excluding hydrogens is 122 g/mol. The number of rotatable bonds is 0. The Morgan fingerprint density at radius 2 is 1.67 bits per heavy atom. The van der Waals surface area contributed by atoms with E-state index in [1.807, 2.05) is 0 Å². The summed E-state index contributed by atoms with van der Waals surface area (Å²) >= 11 is 0. The average Bonchev–Trinajstić information content (AvgIpc) is 0.811. The van der Waals surface area contributed by atoms with Crippen LogP contribution in [0.4, 0.5) is 0 Å². The molecule has 0 aliphatic heterocycles. The van der Waals surface area contributed by atoms with Gasteiger partial charge in [0, 0.05) is 6.92 Å². The predicted octanol–water partition coefficient (Wildman–Crippen LogP) is 0.571. The maximum Gasteiger partial charge on any atom is 0.300 e. The van der Waals surface area contributed by atoms with Crippen LogP contribution in [-0.2, 0) is 4.79 Å². The van der Waals surface area contributed by atoms with Crippen LogP contribution < -0.4 is 0 Å². The molecule has 40 valence electrons. The quantitative estimate of drug-likeness (QED) is 0.487. The summed E-state index contributed by atoms with van der Waals surface area (Å²) in [6.07, 6.45) is 0. The van der Waals surface area contributed by atoms with Gasteiger partial charge in [0.1, 0.15) is 0 Å². The molecule has 0 aliphatic carbocycles. The van der Waals surface area contributed by atoms with E-state index in [0.29, 0.717) is 0 Å². The van der Waals surface area contributed by atoms with Gasteiger partial charge in [0.25, 0.3) is 5.97 Å². The summed E-state index contributed by atoms with van der Waals surface area (Å²) in [4.78, 5) is 9.00. The van der Waals surface area contributed by atoms with Crippen LogP contribution in [0.15, 0.2) is 0 Å². The van der Waals surface area contributed by atoms with Crippen molar-refractivity contribution < 1.29 is 9.90 Å². The van der Waals surface area contributed by atoms with Gasteiger partial charge >= 0.3 is 0 Å². The number of hydrogen-bond donors (Lipinski definition) is 1. The zero-order valence-electron chi connectivity index (χ0n) is 3.47. The summed E-state index contributed by atoms with van der Waals surface area (Å²) in [5.74, 6) is -0.833. The molecule has 1 unspecified atom stereocenters. The second-order valence-electron chi connectivity index (χ2n) is 0.519. The first kappa shape index (κ1) is 16.4. The molecule has 0 saturated heterocycles. The zero-order valence-corrected chi connectivity index (χ0v) is 5.70. The number of carboxylic acid groups (broad SMARTS) is 1. The molecule has 6 heavy (non-hydrogen) atoms. The van der Waals surface area contributed by atoms with Crippen molar-refractivity contribution >= 4 is 28.3 Å². The number of aliphatic carboxylic acids is 1. The summed E-state index contributed by atoms with van der Waals surface area (Å²) in [7, 11) is 0. The molecule has 2 nitrogen and oxygen atoms in total. The molecule has 0 fully saturated rings. The number of carboxylic acids is 1. The molecule has 1 atom stereocenters. The molecule has 4 heteroatoms. The lowest BCUT2D eigenvalue weighted by atomic mass is 10.9. The molecule has 0 aromatic rings. The van der Waals surface area contributed by atoms with Crippen LogP contribution in [-0.4, -0.2) is 11.1 Å². The Kier molecular flexibility index (Phi) is 24.5. The maximum atomic E-state index is 9.00. The van der Waals surface area contributed by atoms with Crippen LogP contribution >= 0.6 is 22.3 Å². The van der Waals surface area contributed by atoms with Gasteiger partial charge in [-0.2, -0.15) is 9.90 Å². The van der Waals surface area contributed by atoms with E-state index in [-0.39, 0.29) is 22.3 Å². The van der Waals surface area contributed by atoms with Crippen molar-refractivity contribution in [3.05, 3.63) is 0 Å². The smallest absolute Gasteiger partial charge is 0.300 e. The Morgan fingerprint density at radius 3 is 1.67 bits per heavy atom. The summed E-state index contributed by atoms with van der Waals surface area (Å²) in [6.45, 7) is 1.08. The van der Waals surface area contributed by atoms with Gasteiger partial charge in [0.2, 0.25) is 0 Å². The topological polar surface area (TPSA) is 37.3 Å². The highest BCUT2D eigenvalue weighted by Gasteiger charge is 1.65. The van der Waals surface area contributed by atoms with E-state index in [2.05, 4.69) is 0 Å². The monoisotopic (exact) mass is 130 g/mol. The average molecular weight is 131 g/mol. The molecule has 0 spiro atoms. The second-order valence-corrected chi connectivity index (χ2v) is 0.519. The molecule has 0 bridgehead atoms. The highest BCUT2D eigenvalue weighted by Crippen LogP contribution is 1.42. The first-order valence-corrected chi connectivity index (χ1v) is 0.928. The highest BCUT2D eigenvalue weighted by atomic mass is 35.5. The fourth-order valence-corrected chi connectivity index (χ4v) is 0. The third kappa shape index (κ3) is 1180. The van der Waals surface area contributed by atoms with Crippen LogP contribution in [0.5, 0.6) is 0 Å². The third-order valence-electron chi connectivity index (χ3n) is 0. The van der Waals surface area contributed by atoms with Crippen molar-refractivity contribution in [3.8, 4) is 0 Å². The van der Waals surface area contributed by atoms with Crippen LogP contribution in [0.1, 0.15) is 6.92 Å². The van der Waals surface area contributed by atoms with Crippen LogP contribution in [0.25, 0.3) is 0 Å². The SMILES string of the molecule is CC(=O)O.Cl.P. The van der Waals surface area contributed by atoms with Gasteiger partial charge in [-0.25, -0.2) is 0 Å². The standard InChI is InChI=1S/C2H4O2.ClH.H3P/c1-2(3)4;;/h1H3,(H,3,4);1H;1H3. The predicted molar refractivity (Wildman–Crippen MR) is 31.7 cm³/mol. The van der Waals surface area contributed by atoms with Gasteiger partial charge in [-0.1, -0.05) is 0 Å². The van der Waals surface area contributed by atoms with E-state index >= 15 is 0 Å². The zero-order chi connectivity index (χ0) is 3.58. The molecule has 0 rings (SSSR count). The van der Waals surface area contributed by atoms with Crippen molar-refractivity contribution in [2.45, 2.75) is 6.92 Å². The lowest BCUT2D eigenvalue weighted by Crippen LogP contribution is -1.78. The summed E-state index contributed by atoms with van der Waals surface area (Å²) in [6, 6.07) is 0. The normalized spacial score (nSPS) is 4.17. The molecule has 0 heterocycles. The van der Waals surface area contributed by atoms with Gasteiger partial charge in [-0.15, -0.1) is 12.4 Å². The van der Waals surface area contributed by atoms with E-state index in [4.69, 9.17) is 9.90 Å². The van der Waals surface area contributed by atoms with Crippen molar-refractivity contribution in [2.24, 2.45) is 0 Å². The molecule has 1 N–H and O–H groups in total. The van der Waals surface area contributed by atoms with Gasteiger partial charge < -0.3 is 5.11 Å². The first-order chi connectivity index (χ1) is 1.73. The number of carbonyl (C=O) groups is 1. The molecule has 0 aromatic heterocycles. The van der Waals surface area contributed by atoms with E-state index in [1.165, 1.54) is 0 Å². The lowest BCUT2D eigenvalue weighted by Gasteiger charge is -1.59. The Bertz CT molecular complexity index is 34.5. The maximum absolute atomic E-state index is 9.00. The second kappa shape index (κ2) is 8.95. The largest absolute Gasteiger partial charge is 0.481 e. The van der Waals surface area contributed by atoms with Crippen molar-refractivity contribution in [1.82, 2.24) is 0 Å². The number of hydrogen-bond acceptors (Lipinski definition) is 1. The Morgan fingerprint density at radius 1 is 1.67 bits per heavy atom. The van der Waals surface area contributed by atoms with E-state index in [0.717, 1.165) is 6.92 Å². The van der Waals surface area contributed by atoms with Gasteiger partial charge in [0.15, 0.2) is 0 Å². The molecule has 0 saturated carbocycles. The fraction of sp³-hybridized carbons (Fsp3) is 0.500. The minimum Gasteiger partial charge on any atom is -0.481 e. The minimum atomic E-state index is -0.833. The molecule has 0 amide bonds. The summed E-state index contributed by atoms with van der Waals surface area (Å²) < 4.78 is 0. The van der Waals surface area contributed by atoms with E-state index < -0.39 is 5.97 Å². The van der Waals surface area contributed by atoms with Gasteiger partial charge in [0.05, 0.1) is 0 Å². The van der Waals surface area contributed by atoms with Crippen molar-refractivity contribution in [3.63, 3.8) is 0 Å². The molecule has 0 radical (unpaired) electrons. The van der Waals surface area contributed by atoms with E-state index in [1.54, 1.807) is 0 Å². The van der Waals surface area contributed by atoms with Crippen molar-refractivity contribution in [2.75, 3.05) is 0 Å². The van der Waals surface area contributed by atoms with E-state index in [9.17, 15) is 0 Å². The van der Waals surface area contributed by atoms with Crippen LogP contribution in [0.2, 0.25) is 0 Å². The summed E-state index contributed by atoms with van der Waals surface area (Å²) in [5, 5.41) is 7.42.